The van der Waals surface area contributed by atoms with Gasteiger partial charge in [-0.2, -0.15) is 0 Å². The molecule has 0 N–H and O–H groups in total. The van der Waals surface area contributed by atoms with Crippen LogP contribution >= 0.6 is 0 Å². The van der Waals surface area contributed by atoms with Crippen molar-refractivity contribution < 1.29 is 46.1 Å². The van der Waals surface area contributed by atoms with E-state index in [1.54, 1.807) is 26.5 Å². The van der Waals surface area contributed by atoms with Crippen LogP contribution in [0.3, 0.4) is 0 Å². The van der Waals surface area contributed by atoms with E-state index in [0.29, 0.717) is 5.92 Å². The molecule has 0 heterocycles. The molecule has 3 aromatic carbocycles. The van der Waals surface area contributed by atoms with Gasteiger partial charge in [-0.3, -0.25) is 0 Å². The van der Waals surface area contributed by atoms with Gasteiger partial charge in [0.1, 0.15) is 0 Å². The Morgan fingerprint density at radius 1 is 0.750 bits per heavy atom. The van der Waals surface area contributed by atoms with E-state index in [1.807, 2.05) is 0 Å². The van der Waals surface area contributed by atoms with E-state index in [9.17, 15) is 0 Å². The quantitative estimate of drug-likeness (QED) is 0.291. The van der Waals surface area contributed by atoms with Crippen molar-refractivity contribution in [1.29, 1.82) is 0 Å². The van der Waals surface area contributed by atoms with E-state index in [4.69, 9.17) is 0 Å². The predicted octanol–water partition coefficient (Wildman–Crippen LogP) is 4.63. The molecule has 0 spiro atoms. The minimum absolute atomic E-state index is 0. The maximum Gasteiger partial charge on any atom is -1.00 e. The molecule has 0 bridgehead atoms. The van der Waals surface area contributed by atoms with Crippen molar-refractivity contribution in [2.45, 2.75) is 107 Å². The minimum atomic E-state index is -2.64. The molecule has 234 valence electrons. The maximum absolute atomic E-state index is 2.69. The van der Waals surface area contributed by atoms with Crippen molar-refractivity contribution in [3.05, 3.63) is 109 Å². The van der Waals surface area contributed by atoms with E-state index in [2.05, 4.69) is 150 Å². The van der Waals surface area contributed by atoms with Crippen LogP contribution in [0.2, 0.25) is 0 Å². The Morgan fingerprint density at radius 3 is 1.86 bits per heavy atom. The van der Waals surface area contributed by atoms with Crippen LogP contribution in [0.5, 0.6) is 0 Å². The summed E-state index contributed by atoms with van der Waals surface area (Å²) < 4.78 is 5.25. The zero-order valence-electron chi connectivity index (χ0n) is 29.1. The van der Waals surface area contributed by atoms with Crippen molar-refractivity contribution in [1.82, 2.24) is 0 Å². The third-order valence-electron chi connectivity index (χ3n) is 9.55. The Morgan fingerprint density at radius 2 is 1.34 bits per heavy atom. The van der Waals surface area contributed by atoms with Crippen molar-refractivity contribution in [3.63, 3.8) is 0 Å². The van der Waals surface area contributed by atoms with Gasteiger partial charge in [-0.15, -0.1) is 0 Å². The van der Waals surface area contributed by atoms with Crippen molar-refractivity contribution >= 4 is 6.48 Å². The number of benzene rings is 3. The molecule has 1 unspecified atom stereocenters. The van der Waals surface area contributed by atoms with Gasteiger partial charge < -0.3 is 24.8 Å². The zero-order chi connectivity index (χ0) is 30.8. The summed E-state index contributed by atoms with van der Waals surface area (Å²) in [6.45, 7) is 28.7. The Bertz CT molecular complexity index is 1630. The molecule has 0 saturated heterocycles. The Balaban J connectivity index is 0.00000264. The topological polar surface area (TPSA) is 0 Å². The maximum atomic E-state index is 2.69. The van der Waals surface area contributed by atoms with Crippen LogP contribution < -0.4 is 28.1 Å². The minimum Gasteiger partial charge on any atom is -1.00 e. The second-order valence-corrected chi connectivity index (χ2v) is 21.8. The molecular weight excluding hydrogens is 655 g/mol. The van der Waals surface area contributed by atoms with Crippen molar-refractivity contribution in [2.75, 3.05) is 0 Å². The first-order valence-electron chi connectivity index (χ1n) is 16.1. The molecule has 5 rings (SSSR count). The molecule has 3 aromatic rings. The summed E-state index contributed by atoms with van der Waals surface area (Å²) in [4.78, 5) is 0. The first-order chi connectivity index (χ1) is 19.5. The van der Waals surface area contributed by atoms with Crippen LogP contribution in [0.25, 0.3) is 11.1 Å². The molecule has 0 fully saturated rings. The average Bonchev–Trinajstić information content (AvgIpc) is 3.42. The van der Waals surface area contributed by atoms with Crippen LogP contribution in [0.1, 0.15) is 117 Å². The van der Waals surface area contributed by atoms with Crippen molar-refractivity contribution in [3.8, 4) is 11.1 Å². The average molecular weight is 707 g/mol. The second kappa shape index (κ2) is 13.3. The summed E-state index contributed by atoms with van der Waals surface area (Å²) in [6.07, 6.45) is 4.79. The number of fused-ring (bicyclic) bond motifs is 3. The fourth-order valence-corrected chi connectivity index (χ4v) is 16.1. The predicted molar refractivity (Wildman–Crippen MR) is 182 cm³/mol. The zero-order valence-corrected chi connectivity index (χ0v) is 33.1. The van der Waals surface area contributed by atoms with Crippen molar-refractivity contribution in [2.24, 2.45) is 11.3 Å². The van der Waals surface area contributed by atoms with Gasteiger partial charge >= 0.3 is 266 Å². The number of allylic oxidation sites excluding steroid dienone is 4. The number of rotatable bonds is 4. The summed E-state index contributed by atoms with van der Waals surface area (Å²) in [7, 11) is 0. The van der Waals surface area contributed by atoms with E-state index in [-0.39, 0.29) is 41.1 Å². The van der Waals surface area contributed by atoms with E-state index in [0.717, 1.165) is 12.8 Å². The first kappa shape index (κ1) is 36.9. The Kier molecular flexibility index (Phi) is 11.2. The second-order valence-electron chi connectivity index (χ2n) is 15.8. The molecule has 44 heavy (non-hydrogen) atoms. The summed E-state index contributed by atoms with van der Waals surface area (Å²) in [6, 6.07) is 24.0. The summed E-state index contributed by atoms with van der Waals surface area (Å²) in [5, 5.41) is 0. The van der Waals surface area contributed by atoms with E-state index < -0.39 is 21.3 Å². The fourth-order valence-electron chi connectivity index (χ4n) is 7.20. The van der Waals surface area contributed by atoms with Crippen LogP contribution in [-0.4, -0.2) is 3.21 Å². The van der Waals surface area contributed by atoms with Crippen LogP contribution in [0.15, 0.2) is 81.2 Å². The Labute approximate surface area is 288 Å². The number of hydrogen-bond donors (Lipinski definition) is 0. The Hall–Kier alpha value is -1.53. The van der Waals surface area contributed by atoms with Crippen LogP contribution in [0, 0.1) is 11.3 Å². The summed E-state index contributed by atoms with van der Waals surface area (Å²) in [5.41, 5.74) is 14.0. The van der Waals surface area contributed by atoms with E-state index in [1.165, 1.54) is 33.4 Å². The van der Waals surface area contributed by atoms with Gasteiger partial charge in [0, 0.05) is 0 Å². The van der Waals surface area contributed by atoms with Crippen LogP contribution in [0.4, 0.5) is 0 Å². The van der Waals surface area contributed by atoms with Gasteiger partial charge in [0.2, 0.25) is 0 Å². The molecule has 0 radical (unpaired) electrons. The summed E-state index contributed by atoms with van der Waals surface area (Å²) >= 11 is -2.64. The van der Waals surface area contributed by atoms with Gasteiger partial charge in [-0.25, -0.2) is 0 Å². The van der Waals surface area contributed by atoms with Gasteiger partial charge in [0.05, 0.1) is 0 Å². The molecule has 0 aliphatic heterocycles. The molecule has 2 aliphatic rings. The third-order valence-corrected chi connectivity index (χ3v) is 18.4. The molecule has 0 aromatic heterocycles. The largest absolute Gasteiger partial charge is 1.00 e. The fraction of sp³-hybridized carbons (Fsp3) is 0.439. The summed E-state index contributed by atoms with van der Waals surface area (Å²) in [5.74, 6) is 0.490. The molecule has 1 atom stereocenters. The molecular formula is C41H52Cl2Zr. The number of halogens is 2. The third kappa shape index (κ3) is 6.92. The molecule has 3 heteroatoms. The SMILES string of the molecule is CC/[C](c1ccccc1)=[Zr+2](\[C]1=C(C)C(C(C)(C)C)=CC1C)[c]1cc(C(C)(C)C)cc2c1Cc1ccc(C(C)(C)C)cc1-2.[Cl-].[Cl-]. The van der Waals surface area contributed by atoms with Gasteiger partial charge in [0.15, 0.2) is 0 Å². The van der Waals surface area contributed by atoms with E-state index >= 15 is 0 Å². The van der Waals surface area contributed by atoms with Crippen LogP contribution in [-0.2, 0) is 38.5 Å². The van der Waals surface area contributed by atoms with Gasteiger partial charge in [-0.05, 0) is 0 Å². The smallest absolute Gasteiger partial charge is 1.00 e. The standard InChI is InChI=1S/C21H25.C11H17.C9H10.2ClH.Zr/c1-20(2,3)16-9-7-14-11-15-8-10-17(21(4,5)6)13-19(15)18(14)12-16;1-8-6-9(2)10(7-8)11(3,4)5;1-2-6-9-7-4-3-5-8-9;;;/h7,9-10,12-13H,11H2,1-6H3;7-8H,1-5H3;3-5,7-8H,2H2,1H3;2*1H;/q;;;;;+2/p-2. The molecule has 0 saturated carbocycles. The van der Waals surface area contributed by atoms with Gasteiger partial charge in [0.25, 0.3) is 0 Å². The molecule has 0 amide bonds. The normalized spacial score (nSPS) is 16.5. The molecule has 2 aliphatic carbocycles. The van der Waals surface area contributed by atoms with Gasteiger partial charge in [-0.1, -0.05) is 0 Å². The molecule has 0 nitrogen and oxygen atoms in total. The first-order valence-corrected chi connectivity index (χ1v) is 19.7. The monoisotopic (exact) mass is 704 g/mol. The number of hydrogen-bond acceptors (Lipinski definition) is 0.